The van der Waals surface area contributed by atoms with Crippen molar-refractivity contribution in [2.45, 2.75) is 5.25 Å². The van der Waals surface area contributed by atoms with Crippen molar-refractivity contribution >= 4 is 45.8 Å². The van der Waals surface area contributed by atoms with E-state index >= 15 is 0 Å². The number of imide groups is 1. The van der Waals surface area contributed by atoms with Gasteiger partial charge in [-0.1, -0.05) is 30.4 Å². The molecule has 1 aromatic rings. The maximum absolute atomic E-state index is 11.9. The van der Waals surface area contributed by atoms with Gasteiger partial charge in [0.25, 0.3) is 11.1 Å². The van der Waals surface area contributed by atoms with E-state index in [2.05, 4.69) is 0 Å². The van der Waals surface area contributed by atoms with Gasteiger partial charge in [0.1, 0.15) is 5.25 Å². The van der Waals surface area contributed by atoms with E-state index in [1.165, 1.54) is 0 Å². The van der Waals surface area contributed by atoms with Gasteiger partial charge >= 0.3 is 0 Å². The molecule has 1 aliphatic heterocycles. The molecule has 2 amide bonds. The molecule has 82 valence electrons. The number of rotatable bonds is 2. The Morgan fingerprint density at radius 1 is 1.31 bits per heavy atom. The molecule has 2 rings (SSSR count). The lowest BCUT2D eigenvalue weighted by Crippen LogP contribution is -2.36. The Kier molecular flexibility index (Phi) is 2.93. The summed E-state index contributed by atoms with van der Waals surface area (Å²) in [5.74, 6) is -0.367. The molecule has 1 unspecified atom stereocenters. The van der Waals surface area contributed by atoms with E-state index in [0.717, 1.165) is 16.7 Å². The molecule has 0 spiro atoms. The van der Waals surface area contributed by atoms with Gasteiger partial charge in [0.2, 0.25) is 0 Å². The lowest BCUT2D eigenvalue weighted by atomic mass is 10.2. The van der Waals surface area contributed by atoms with E-state index in [1.54, 1.807) is 24.3 Å². The Bertz CT molecular complexity index is 461. The number of amides is 2. The summed E-state index contributed by atoms with van der Waals surface area (Å²) in [5.41, 5.74) is 5.95. The predicted octanol–water partition coefficient (Wildman–Crippen LogP) is 1.54. The van der Waals surface area contributed by atoms with Gasteiger partial charge in [-0.15, -0.1) is 0 Å². The summed E-state index contributed by atoms with van der Waals surface area (Å²) in [6.45, 7) is 0. The van der Waals surface area contributed by atoms with Crippen LogP contribution in [0.3, 0.4) is 0 Å². The molecule has 6 heteroatoms. The number of benzene rings is 1. The van der Waals surface area contributed by atoms with Crippen molar-refractivity contribution in [2.24, 2.45) is 5.73 Å². The van der Waals surface area contributed by atoms with Crippen LogP contribution < -0.4 is 10.6 Å². The summed E-state index contributed by atoms with van der Waals surface area (Å²) in [6, 6.07) is 8.71. The third-order valence-electron chi connectivity index (χ3n) is 2.12. The smallest absolute Gasteiger partial charge is 0.294 e. The van der Waals surface area contributed by atoms with E-state index in [4.69, 9.17) is 18.0 Å². The summed E-state index contributed by atoms with van der Waals surface area (Å²) in [7, 11) is 0. The summed E-state index contributed by atoms with van der Waals surface area (Å²) in [5, 5.41) is -1.07. The van der Waals surface area contributed by atoms with Crippen LogP contribution in [-0.4, -0.2) is 21.4 Å². The monoisotopic (exact) mass is 252 g/mol. The number of hydrogen-bond acceptors (Lipinski definition) is 4. The SMILES string of the molecule is NC(=S)C1SC(=O)N(c2ccccc2)C1=O. The van der Waals surface area contributed by atoms with Crippen LogP contribution in [0.1, 0.15) is 0 Å². The summed E-state index contributed by atoms with van der Waals surface area (Å²) in [4.78, 5) is 24.7. The molecule has 0 bridgehead atoms. The van der Waals surface area contributed by atoms with Gasteiger partial charge in [-0.25, -0.2) is 4.90 Å². The van der Waals surface area contributed by atoms with E-state index < -0.39 is 5.25 Å². The molecule has 1 heterocycles. The average Bonchev–Trinajstić information content (AvgIpc) is 2.56. The van der Waals surface area contributed by atoms with Crippen LogP contribution in [0.2, 0.25) is 0 Å². The van der Waals surface area contributed by atoms with Gasteiger partial charge in [-0.3, -0.25) is 9.59 Å². The first-order chi connectivity index (χ1) is 7.61. The Hall–Kier alpha value is -1.40. The minimum absolute atomic E-state index is 0.0433. The Morgan fingerprint density at radius 2 is 1.94 bits per heavy atom. The number of nitrogens with two attached hydrogens (primary N) is 1. The molecule has 0 radical (unpaired) electrons. The zero-order valence-electron chi connectivity index (χ0n) is 8.12. The highest BCUT2D eigenvalue weighted by Crippen LogP contribution is 2.31. The van der Waals surface area contributed by atoms with E-state index in [1.807, 2.05) is 6.07 Å². The molecule has 1 aromatic carbocycles. The molecule has 1 saturated heterocycles. The van der Waals surface area contributed by atoms with E-state index in [-0.39, 0.29) is 16.1 Å². The maximum Gasteiger partial charge on any atom is 0.294 e. The molecule has 4 nitrogen and oxygen atoms in total. The highest BCUT2D eigenvalue weighted by Gasteiger charge is 2.42. The first kappa shape index (κ1) is 11.1. The minimum atomic E-state index is -0.734. The standard InChI is InChI=1S/C10H8N2O2S2/c11-8(15)7-9(13)12(10(14)16-7)6-4-2-1-3-5-6/h1-5,7H,(H2,11,15). The molecule has 16 heavy (non-hydrogen) atoms. The lowest BCUT2D eigenvalue weighted by molar-refractivity contribution is -0.116. The molecule has 2 N–H and O–H groups in total. The number of hydrogen-bond donors (Lipinski definition) is 1. The van der Waals surface area contributed by atoms with Crippen molar-refractivity contribution in [3.05, 3.63) is 30.3 Å². The lowest BCUT2D eigenvalue weighted by Gasteiger charge is -2.12. The third-order valence-corrected chi connectivity index (χ3v) is 3.58. The second kappa shape index (κ2) is 4.23. The Morgan fingerprint density at radius 3 is 2.44 bits per heavy atom. The van der Waals surface area contributed by atoms with Crippen LogP contribution in [0.5, 0.6) is 0 Å². The first-order valence-electron chi connectivity index (χ1n) is 4.50. The number of nitrogens with zero attached hydrogens (tertiary/aromatic N) is 1. The Labute approximate surface area is 102 Å². The molecule has 0 aromatic heterocycles. The molecular formula is C10H8N2O2S2. The summed E-state index contributed by atoms with van der Waals surface area (Å²) >= 11 is 5.60. The van der Waals surface area contributed by atoms with Crippen LogP contribution in [-0.2, 0) is 4.79 Å². The third kappa shape index (κ3) is 1.81. The zero-order chi connectivity index (χ0) is 11.7. The number of thioether (sulfide) groups is 1. The fraction of sp³-hybridized carbons (Fsp3) is 0.100. The van der Waals surface area contributed by atoms with Crippen molar-refractivity contribution in [3.63, 3.8) is 0 Å². The topological polar surface area (TPSA) is 63.4 Å². The predicted molar refractivity (Wildman–Crippen MR) is 67.5 cm³/mol. The molecule has 0 aliphatic carbocycles. The highest BCUT2D eigenvalue weighted by molar-refractivity contribution is 8.17. The van der Waals surface area contributed by atoms with Crippen molar-refractivity contribution in [1.29, 1.82) is 0 Å². The van der Waals surface area contributed by atoms with Crippen molar-refractivity contribution < 1.29 is 9.59 Å². The van der Waals surface area contributed by atoms with E-state index in [0.29, 0.717) is 5.69 Å². The van der Waals surface area contributed by atoms with Crippen molar-refractivity contribution in [2.75, 3.05) is 4.90 Å². The summed E-state index contributed by atoms with van der Waals surface area (Å²) in [6.07, 6.45) is 0. The number of thiocarbonyl (C=S) groups is 1. The molecular weight excluding hydrogens is 244 g/mol. The molecule has 1 aliphatic rings. The zero-order valence-corrected chi connectivity index (χ0v) is 9.75. The maximum atomic E-state index is 11.9. The van der Waals surface area contributed by atoms with Crippen LogP contribution in [0.4, 0.5) is 10.5 Å². The van der Waals surface area contributed by atoms with E-state index in [9.17, 15) is 9.59 Å². The van der Waals surface area contributed by atoms with Crippen LogP contribution in [0.25, 0.3) is 0 Å². The first-order valence-corrected chi connectivity index (χ1v) is 5.79. The van der Waals surface area contributed by atoms with Gasteiger partial charge in [0.05, 0.1) is 10.7 Å². The highest BCUT2D eigenvalue weighted by atomic mass is 32.2. The van der Waals surface area contributed by atoms with Crippen molar-refractivity contribution in [1.82, 2.24) is 0 Å². The number of carbonyl (C=O) groups is 2. The molecule has 0 saturated carbocycles. The van der Waals surface area contributed by atoms with Crippen LogP contribution >= 0.6 is 24.0 Å². The fourth-order valence-electron chi connectivity index (χ4n) is 1.40. The number of carbonyl (C=O) groups excluding carboxylic acids is 2. The number of para-hydroxylation sites is 1. The number of anilines is 1. The van der Waals surface area contributed by atoms with Gasteiger partial charge in [0, 0.05) is 0 Å². The van der Waals surface area contributed by atoms with Gasteiger partial charge in [0.15, 0.2) is 0 Å². The fourth-order valence-corrected chi connectivity index (χ4v) is 2.47. The van der Waals surface area contributed by atoms with Crippen molar-refractivity contribution in [3.8, 4) is 0 Å². The second-order valence-electron chi connectivity index (χ2n) is 3.18. The van der Waals surface area contributed by atoms with Crippen LogP contribution in [0.15, 0.2) is 30.3 Å². The van der Waals surface area contributed by atoms with Gasteiger partial charge in [-0.2, -0.15) is 0 Å². The molecule has 1 atom stereocenters. The largest absolute Gasteiger partial charge is 0.392 e. The molecule has 1 fully saturated rings. The quantitative estimate of drug-likeness (QED) is 0.809. The second-order valence-corrected chi connectivity index (χ2v) is 4.70. The minimum Gasteiger partial charge on any atom is -0.392 e. The van der Waals surface area contributed by atoms with Gasteiger partial charge in [-0.05, 0) is 23.9 Å². The van der Waals surface area contributed by atoms with Crippen LogP contribution in [0, 0.1) is 0 Å². The Balaban J connectivity index is 2.34. The van der Waals surface area contributed by atoms with Gasteiger partial charge < -0.3 is 5.73 Å². The normalized spacial score (nSPS) is 20.2. The summed E-state index contributed by atoms with van der Waals surface area (Å²) < 4.78 is 0. The average molecular weight is 252 g/mol.